The predicted molar refractivity (Wildman–Crippen MR) is 119 cm³/mol. The molecule has 29 heavy (non-hydrogen) atoms. The summed E-state index contributed by atoms with van der Waals surface area (Å²) in [5.74, 6) is 0.995. The molecule has 0 saturated carbocycles. The summed E-state index contributed by atoms with van der Waals surface area (Å²) in [4.78, 5) is 0. The molecule has 0 radical (unpaired) electrons. The summed E-state index contributed by atoms with van der Waals surface area (Å²) < 4.78 is 9.80. The quantitative estimate of drug-likeness (QED) is 0.421. The van der Waals surface area contributed by atoms with Gasteiger partial charge in [0, 0.05) is 0 Å². The van der Waals surface area contributed by atoms with E-state index in [0.29, 0.717) is 0 Å². The molecule has 144 valence electrons. The van der Waals surface area contributed by atoms with Gasteiger partial charge in [-0.2, -0.15) is 0 Å². The van der Waals surface area contributed by atoms with Gasteiger partial charge in [0.2, 0.25) is 0 Å². The Morgan fingerprint density at radius 1 is 0.759 bits per heavy atom. The first-order valence-corrected chi connectivity index (χ1v) is 12.3. The molecular weight excluding hydrogens is 388 g/mol. The van der Waals surface area contributed by atoms with Gasteiger partial charge in [-0.1, -0.05) is 0 Å². The van der Waals surface area contributed by atoms with Gasteiger partial charge in [-0.25, -0.2) is 0 Å². The summed E-state index contributed by atoms with van der Waals surface area (Å²) in [6.45, 7) is 6.50. The fourth-order valence-corrected chi connectivity index (χ4v) is 7.78. The molecule has 0 aromatic heterocycles. The van der Waals surface area contributed by atoms with Crippen LogP contribution in [0, 0.1) is 13.8 Å². The van der Waals surface area contributed by atoms with Crippen LogP contribution >= 0.6 is 0 Å². The average molecular weight is 414 g/mol. The van der Waals surface area contributed by atoms with E-state index >= 15 is 0 Å². The summed E-state index contributed by atoms with van der Waals surface area (Å²) in [6, 6.07) is 28.1. The van der Waals surface area contributed by atoms with E-state index in [9.17, 15) is 0 Å². The number of hydrogen-bond acceptors (Lipinski definition) is 1. The van der Waals surface area contributed by atoms with Crippen LogP contribution in [0.3, 0.4) is 0 Å². The SMILES string of the molecule is CC1=[C]([Ti]([O]c2cc(C)cc(C)c2)=[C](c2ccccc2)c2ccccc2)CC=C1. The van der Waals surface area contributed by atoms with E-state index in [1.807, 2.05) is 0 Å². The fourth-order valence-electron chi connectivity index (χ4n) is 3.90. The molecule has 4 rings (SSSR count). The van der Waals surface area contributed by atoms with E-state index in [1.54, 1.807) is 0 Å². The Morgan fingerprint density at radius 2 is 1.31 bits per heavy atom. The standard InChI is InChI=1S/C13H10.C8H10O.C6H7.Ti/c1-3-7-12(8-4-1)11-13-9-5-2-6-10-13;1-6-3-7(2)5-8(9)4-6;1-6-4-2-3-5-6;/h1-10H;3-5,9H,1-2H3;2,4H,3H2,1H3;/q;;;+1/p-1. The summed E-state index contributed by atoms with van der Waals surface area (Å²) in [6.07, 6.45) is 5.52. The van der Waals surface area contributed by atoms with Gasteiger partial charge in [0.1, 0.15) is 0 Å². The number of hydrogen-bond donors (Lipinski definition) is 0. The third-order valence-corrected chi connectivity index (χ3v) is 9.30. The van der Waals surface area contributed by atoms with E-state index in [2.05, 4.69) is 112 Å². The van der Waals surface area contributed by atoms with E-state index in [4.69, 9.17) is 3.32 Å². The zero-order valence-corrected chi connectivity index (χ0v) is 18.8. The van der Waals surface area contributed by atoms with Crippen molar-refractivity contribution in [1.82, 2.24) is 0 Å². The monoisotopic (exact) mass is 414 g/mol. The zero-order chi connectivity index (χ0) is 20.2. The number of benzene rings is 3. The van der Waals surface area contributed by atoms with Gasteiger partial charge < -0.3 is 0 Å². The first kappa shape index (κ1) is 19.8. The molecular formula is C27H26OTi. The summed E-state index contributed by atoms with van der Waals surface area (Å²) >= 11 is -2.31. The molecule has 0 saturated heterocycles. The van der Waals surface area contributed by atoms with Crippen molar-refractivity contribution in [3.63, 3.8) is 0 Å². The molecule has 0 aliphatic heterocycles. The van der Waals surface area contributed by atoms with E-state index < -0.39 is 17.8 Å². The van der Waals surface area contributed by atoms with Crippen molar-refractivity contribution in [3.8, 4) is 5.75 Å². The van der Waals surface area contributed by atoms with Crippen molar-refractivity contribution in [1.29, 1.82) is 0 Å². The van der Waals surface area contributed by atoms with Crippen molar-refractivity contribution in [3.05, 3.63) is 123 Å². The van der Waals surface area contributed by atoms with Gasteiger partial charge in [0.05, 0.1) is 0 Å². The third-order valence-electron chi connectivity index (χ3n) is 5.21. The van der Waals surface area contributed by atoms with Gasteiger partial charge in [-0.3, -0.25) is 0 Å². The predicted octanol–water partition coefficient (Wildman–Crippen LogP) is 6.72. The number of aryl methyl sites for hydroxylation is 2. The second-order valence-electron chi connectivity index (χ2n) is 7.63. The van der Waals surface area contributed by atoms with Crippen LogP contribution in [0.4, 0.5) is 0 Å². The van der Waals surface area contributed by atoms with Gasteiger partial charge in [0.15, 0.2) is 0 Å². The van der Waals surface area contributed by atoms with E-state index in [1.165, 1.54) is 35.5 Å². The van der Waals surface area contributed by atoms with E-state index in [-0.39, 0.29) is 0 Å². The second-order valence-corrected chi connectivity index (χ2v) is 10.7. The molecule has 2 heteroatoms. The first-order valence-electron chi connectivity index (χ1n) is 10.1. The molecule has 1 nitrogen and oxygen atoms in total. The molecule has 3 aromatic rings. The second kappa shape index (κ2) is 8.90. The zero-order valence-electron chi connectivity index (χ0n) is 17.3. The Morgan fingerprint density at radius 3 is 1.79 bits per heavy atom. The Balaban J connectivity index is 1.97. The summed E-state index contributed by atoms with van der Waals surface area (Å²) in [5, 5.41) is 0. The normalized spacial score (nSPS) is 12.9. The molecule has 0 amide bonds. The van der Waals surface area contributed by atoms with Crippen molar-refractivity contribution in [2.75, 3.05) is 0 Å². The van der Waals surface area contributed by atoms with Crippen molar-refractivity contribution >= 4 is 3.81 Å². The molecule has 0 fully saturated rings. The van der Waals surface area contributed by atoms with Gasteiger partial charge in [-0.05, 0) is 0 Å². The van der Waals surface area contributed by atoms with E-state index in [0.717, 1.165) is 12.2 Å². The fraction of sp³-hybridized carbons (Fsp3) is 0.148. The van der Waals surface area contributed by atoms with Gasteiger partial charge in [0.25, 0.3) is 0 Å². The van der Waals surface area contributed by atoms with Crippen LogP contribution in [0.25, 0.3) is 0 Å². The Hall–Kier alpha value is -2.48. The summed E-state index contributed by atoms with van der Waals surface area (Å²) in [7, 11) is 0. The van der Waals surface area contributed by atoms with Crippen molar-refractivity contribution in [2.45, 2.75) is 27.2 Å². The summed E-state index contributed by atoms with van der Waals surface area (Å²) in [5.41, 5.74) is 6.40. The van der Waals surface area contributed by atoms with Gasteiger partial charge in [-0.15, -0.1) is 0 Å². The Labute approximate surface area is 180 Å². The minimum absolute atomic E-state index is 0.995. The van der Waals surface area contributed by atoms with Crippen molar-refractivity contribution < 1.29 is 21.1 Å². The van der Waals surface area contributed by atoms with Crippen LogP contribution in [0.15, 0.2) is 100 Å². The number of allylic oxidation sites excluding steroid dienone is 4. The molecule has 0 unspecified atom stereocenters. The molecule has 0 spiro atoms. The van der Waals surface area contributed by atoms with Crippen LogP contribution in [0.5, 0.6) is 5.75 Å². The molecule has 0 bridgehead atoms. The van der Waals surface area contributed by atoms with Crippen LogP contribution in [-0.4, -0.2) is 3.81 Å². The maximum absolute atomic E-state index is 6.93. The van der Waals surface area contributed by atoms with Crippen molar-refractivity contribution in [2.24, 2.45) is 0 Å². The number of rotatable bonds is 5. The van der Waals surface area contributed by atoms with Crippen LogP contribution in [0.2, 0.25) is 0 Å². The van der Waals surface area contributed by atoms with Crippen LogP contribution in [0.1, 0.15) is 35.6 Å². The molecule has 3 aromatic carbocycles. The molecule has 1 aliphatic carbocycles. The molecule has 0 atom stereocenters. The molecule has 0 heterocycles. The van der Waals surface area contributed by atoms with Gasteiger partial charge >= 0.3 is 181 Å². The molecule has 0 N–H and O–H groups in total. The molecule has 1 aliphatic rings. The average Bonchev–Trinajstić information content (AvgIpc) is 3.14. The Kier molecular flexibility index (Phi) is 6.09. The Bertz CT molecular complexity index is 1040. The van der Waals surface area contributed by atoms with Crippen LogP contribution in [-0.2, 0) is 17.8 Å². The minimum atomic E-state index is -2.31. The topological polar surface area (TPSA) is 9.23 Å². The maximum atomic E-state index is 6.93. The third kappa shape index (κ3) is 4.58. The first-order chi connectivity index (χ1) is 14.1. The van der Waals surface area contributed by atoms with Crippen LogP contribution < -0.4 is 3.32 Å².